The van der Waals surface area contributed by atoms with Crippen molar-refractivity contribution in [3.63, 3.8) is 0 Å². The topological polar surface area (TPSA) is 41.5 Å². The molecule has 2 aromatic carbocycles. The summed E-state index contributed by atoms with van der Waals surface area (Å²) in [7, 11) is 0. The van der Waals surface area contributed by atoms with Crippen LogP contribution in [0.2, 0.25) is 0 Å². The fraction of sp³-hybridized carbons (Fsp3) is 0.300. The Morgan fingerprint density at radius 1 is 1.17 bits per heavy atom. The summed E-state index contributed by atoms with van der Waals surface area (Å²) in [4.78, 5) is 16.8. The van der Waals surface area contributed by atoms with Gasteiger partial charge in [0.25, 0.3) is 0 Å². The van der Waals surface area contributed by atoms with Gasteiger partial charge in [-0.15, -0.1) is 0 Å². The Labute approximate surface area is 147 Å². The van der Waals surface area contributed by atoms with E-state index in [0.29, 0.717) is 11.1 Å². The third kappa shape index (κ3) is 4.06. The van der Waals surface area contributed by atoms with Crippen LogP contribution in [0.5, 0.6) is 0 Å². The predicted molar refractivity (Wildman–Crippen MR) is 102 cm³/mol. The molecular formula is C20H22N2OS. The number of nitrogens with one attached hydrogen (secondary N) is 1. The molecule has 1 heterocycles. The van der Waals surface area contributed by atoms with Gasteiger partial charge in [0.2, 0.25) is 5.91 Å². The van der Waals surface area contributed by atoms with E-state index >= 15 is 0 Å². The number of amidine groups is 1. The van der Waals surface area contributed by atoms with Gasteiger partial charge in [0.15, 0.2) is 5.17 Å². The van der Waals surface area contributed by atoms with Crippen molar-refractivity contribution < 1.29 is 4.79 Å². The van der Waals surface area contributed by atoms with Crippen LogP contribution in [0.3, 0.4) is 0 Å². The summed E-state index contributed by atoms with van der Waals surface area (Å²) < 4.78 is 0. The molecule has 3 rings (SSSR count). The molecule has 4 heteroatoms. The fourth-order valence-electron chi connectivity index (χ4n) is 2.70. The van der Waals surface area contributed by atoms with Crippen molar-refractivity contribution in [2.45, 2.75) is 38.4 Å². The van der Waals surface area contributed by atoms with Crippen LogP contribution in [0.4, 0.5) is 5.69 Å². The molecule has 124 valence electrons. The molecule has 24 heavy (non-hydrogen) atoms. The fourth-order valence-corrected chi connectivity index (χ4v) is 3.73. The van der Waals surface area contributed by atoms with Crippen LogP contribution in [-0.2, 0) is 11.2 Å². The molecule has 0 radical (unpaired) electrons. The van der Waals surface area contributed by atoms with Gasteiger partial charge in [-0.2, -0.15) is 0 Å². The number of hydrogen-bond acceptors (Lipinski definition) is 3. The number of thioether (sulfide) groups is 1. The monoisotopic (exact) mass is 338 g/mol. The molecule has 1 amide bonds. The molecule has 3 nitrogen and oxygen atoms in total. The number of aryl methyl sites for hydroxylation is 1. The minimum atomic E-state index is -0.111. The molecule has 1 N–H and O–H groups in total. The summed E-state index contributed by atoms with van der Waals surface area (Å²) in [5.41, 5.74) is 4.57. The van der Waals surface area contributed by atoms with E-state index in [1.54, 1.807) is 0 Å². The van der Waals surface area contributed by atoms with Crippen molar-refractivity contribution in [1.82, 2.24) is 5.32 Å². The number of aliphatic imine (C=N–C) groups is 1. The quantitative estimate of drug-likeness (QED) is 0.886. The summed E-state index contributed by atoms with van der Waals surface area (Å²) in [5, 5.41) is 3.48. The van der Waals surface area contributed by atoms with Crippen LogP contribution in [-0.4, -0.2) is 16.3 Å². The van der Waals surface area contributed by atoms with Crippen LogP contribution in [0.15, 0.2) is 53.5 Å². The van der Waals surface area contributed by atoms with E-state index in [1.807, 2.05) is 18.2 Å². The van der Waals surface area contributed by atoms with E-state index in [9.17, 15) is 4.79 Å². The Balaban J connectivity index is 1.69. The Kier molecular flexibility index (Phi) is 5.05. The molecular weight excluding hydrogens is 316 g/mol. The molecule has 0 spiro atoms. The number of carbonyl (C=O) groups excluding carboxylic acids is 1. The Morgan fingerprint density at radius 3 is 2.58 bits per heavy atom. The molecule has 1 aliphatic heterocycles. The van der Waals surface area contributed by atoms with Gasteiger partial charge in [-0.05, 0) is 42.5 Å². The molecule has 1 unspecified atom stereocenters. The van der Waals surface area contributed by atoms with E-state index in [2.05, 4.69) is 61.4 Å². The van der Waals surface area contributed by atoms with Gasteiger partial charge in [-0.25, -0.2) is 4.99 Å². The molecule has 2 aromatic rings. The number of rotatable bonds is 4. The van der Waals surface area contributed by atoms with Gasteiger partial charge < -0.3 is 5.32 Å². The van der Waals surface area contributed by atoms with Crippen LogP contribution < -0.4 is 5.32 Å². The maximum atomic E-state index is 12.2. The van der Waals surface area contributed by atoms with Crippen molar-refractivity contribution in [3.8, 4) is 0 Å². The summed E-state index contributed by atoms with van der Waals surface area (Å²) >= 11 is 1.51. The van der Waals surface area contributed by atoms with E-state index in [4.69, 9.17) is 0 Å². The summed E-state index contributed by atoms with van der Waals surface area (Å²) in [6.45, 7) is 6.41. The SMILES string of the molecule is Cc1cccc(CC2SC(=Nc3ccc(C(C)C)cc3)NC2=O)c1. The lowest BCUT2D eigenvalue weighted by atomic mass is 10.0. The standard InChI is InChI=1S/C20H22N2OS/c1-13(2)16-7-9-17(10-8-16)21-20-22-19(23)18(24-20)12-15-6-4-5-14(3)11-15/h4-11,13,18H,12H2,1-3H3,(H,21,22,23). The van der Waals surface area contributed by atoms with Gasteiger partial charge in [-0.1, -0.05) is 67.6 Å². The molecule has 0 aromatic heterocycles. The van der Waals surface area contributed by atoms with Crippen molar-refractivity contribution in [2.75, 3.05) is 0 Å². The second kappa shape index (κ2) is 7.22. The first-order valence-electron chi connectivity index (χ1n) is 8.23. The normalized spacial score (nSPS) is 19.1. The summed E-state index contributed by atoms with van der Waals surface area (Å²) in [5.74, 6) is 0.546. The Morgan fingerprint density at radius 2 is 1.92 bits per heavy atom. The van der Waals surface area contributed by atoms with Gasteiger partial charge >= 0.3 is 0 Å². The maximum absolute atomic E-state index is 12.2. The summed E-state index contributed by atoms with van der Waals surface area (Å²) in [6.07, 6.45) is 0.726. The molecule has 1 saturated heterocycles. The van der Waals surface area contributed by atoms with Crippen molar-refractivity contribution in [3.05, 3.63) is 65.2 Å². The Hall–Kier alpha value is -2.07. The van der Waals surface area contributed by atoms with Crippen molar-refractivity contribution in [1.29, 1.82) is 0 Å². The van der Waals surface area contributed by atoms with E-state index in [1.165, 1.54) is 28.5 Å². The lowest BCUT2D eigenvalue weighted by Gasteiger charge is -2.06. The second-order valence-corrected chi connectivity index (χ2v) is 7.64. The average molecular weight is 338 g/mol. The highest BCUT2D eigenvalue weighted by Gasteiger charge is 2.30. The van der Waals surface area contributed by atoms with Gasteiger partial charge in [-0.3, -0.25) is 4.79 Å². The minimum absolute atomic E-state index is 0.0408. The maximum Gasteiger partial charge on any atom is 0.239 e. The molecule has 1 fully saturated rings. The van der Waals surface area contributed by atoms with Crippen LogP contribution in [0, 0.1) is 6.92 Å². The first-order chi connectivity index (χ1) is 11.5. The largest absolute Gasteiger partial charge is 0.304 e. The average Bonchev–Trinajstić information content (AvgIpc) is 2.87. The number of carbonyl (C=O) groups is 1. The number of benzene rings is 2. The van der Waals surface area contributed by atoms with E-state index in [-0.39, 0.29) is 11.2 Å². The molecule has 0 bridgehead atoms. The summed E-state index contributed by atoms with van der Waals surface area (Å²) in [6, 6.07) is 16.5. The zero-order valence-corrected chi connectivity index (χ0v) is 15.1. The first kappa shape index (κ1) is 16.8. The zero-order valence-electron chi connectivity index (χ0n) is 14.2. The Bertz CT molecular complexity index is 765. The molecule has 0 saturated carbocycles. The minimum Gasteiger partial charge on any atom is -0.304 e. The van der Waals surface area contributed by atoms with E-state index < -0.39 is 0 Å². The molecule has 1 aliphatic rings. The lowest BCUT2D eigenvalue weighted by Crippen LogP contribution is -2.25. The number of amides is 1. The van der Waals surface area contributed by atoms with Crippen molar-refractivity contribution in [2.24, 2.45) is 4.99 Å². The number of nitrogens with zero attached hydrogens (tertiary/aromatic N) is 1. The van der Waals surface area contributed by atoms with E-state index in [0.717, 1.165) is 12.1 Å². The lowest BCUT2D eigenvalue weighted by molar-refractivity contribution is -0.118. The predicted octanol–water partition coefficient (Wildman–Crippen LogP) is 4.58. The van der Waals surface area contributed by atoms with Gasteiger partial charge in [0, 0.05) is 0 Å². The highest BCUT2D eigenvalue weighted by molar-refractivity contribution is 8.15. The van der Waals surface area contributed by atoms with Crippen LogP contribution in [0.25, 0.3) is 0 Å². The highest BCUT2D eigenvalue weighted by Crippen LogP contribution is 2.26. The van der Waals surface area contributed by atoms with Gasteiger partial charge in [0.05, 0.1) is 10.9 Å². The highest BCUT2D eigenvalue weighted by atomic mass is 32.2. The van der Waals surface area contributed by atoms with Gasteiger partial charge in [0.1, 0.15) is 0 Å². The molecule has 1 atom stereocenters. The third-order valence-electron chi connectivity index (χ3n) is 4.07. The molecule has 0 aliphatic carbocycles. The smallest absolute Gasteiger partial charge is 0.239 e. The first-order valence-corrected chi connectivity index (χ1v) is 9.11. The third-order valence-corrected chi connectivity index (χ3v) is 5.15. The van der Waals surface area contributed by atoms with Crippen molar-refractivity contribution >= 4 is 28.5 Å². The number of hydrogen-bond donors (Lipinski definition) is 1. The van der Waals surface area contributed by atoms with Crippen LogP contribution in [0.1, 0.15) is 36.5 Å². The second-order valence-electron chi connectivity index (χ2n) is 6.45. The van der Waals surface area contributed by atoms with Crippen LogP contribution >= 0.6 is 11.8 Å². The zero-order chi connectivity index (χ0) is 17.1.